The highest BCUT2D eigenvalue weighted by atomic mass is 16.4. The van der Waals surface area contributed by atoms with Crippen LogP contribution in [-0.4, -0.2) is 35.0 Å². The Morgan fingerprint density at radius 1 is 1.12 bits per heavy atom. The van der Waals surface area contributed by atoms with Gasteiger partial charge in [-0.1, -0.05) is 43.7 Å². The second kappa shape index (κ2) is 6.96. The quantitative estimate of drug-likeness (QED) is 0.924. The van der Waals surface area contributed by atoms with E-state index >= 15 is 0 Å². The molecule has 0 spiro atoms. The number of rotatable bonds is 3. The maximum Gasteiger partial charge on any atom is 0.306 e. The zero-order valence-corrected chi connectivity index (χ0v) is 14.4. The minimum Gasteiger partial charge on any atom is -0.481 e. The number of amides is 1. The normalized spacial score (nSPS) is 30.8. The van der Waals surface area contributed by atoms with Crippen LogP contribution in [0.15, 0.2) is 30.3 Å². The van der Waals surface area contributed by atoms with Gasteiger partial charge in [-0.25, -0.2) is 0 Å². The summed E-state index contributed by atoms with van der Waals surface area (Å²) in [6, 6.07) is 10.4. The van der Waals surface area contributed by atoms with E-state index in [0.29, 0.717) is 12.8 Å². The fourth-order valence-corrected chi connectivity index (χ4v) is 4.40. The number of piperidine rings is 1. The van der Waals surface area contributed by atoms with E-state index in [-0.39, 0.29) is 23.2 Å². The Bertz CT molecular complexity index is 600. The van der Waals surface area contributed by atoms with Gasteiger partial charge in [-0.3, -0.25) is 9.59 Å². The van der Waals surface area contributed by atoms with Crippen LogP contribution in [-0.2, 0) is 15.0 Å². The summed E-state index contributed by atoms with van der Waals surface area (Å²) >= 11 is 0. The van der Waals surface area contributed by atoms with E-state index in [0.717, 1.165) is 38.8 Å². The molecule has 1 heterocycles. The van der Waals surface area contributed by atoms with Crippen molar-refractivity contribution in [1.29, 1.82) is 0 Å². The first-order valence-corrected chi connectivity index (χ1v) is 9.07. The number of carboxylic acids is 1. The molecule has 1 saturated heterocycles. The molecule has 2 aliphatic rings. The Labute approximate surface area is 143 Å². The first kappa shape index (κ1) is 17.0. The molecule has 24 heavy (non-hydrogen) atoms. The van der Waals surface area contributed by atoms with Crippen LogP contribution in [0.4, 0.5) is 0 Å². The zero-order chi connectivity index (χ0) is 17.2. The van der Waals surface area contributed by atoms with Gasteiger partial charge >= 0.3 is 5.97 Å². The number of carboxylic acid groups (broad SMARTS) is 1. The maximum absolute atomic E-state index is 13.0. The fraction of sp³-hybridized carbons (Fsp3) is 0.600. The van der Waals surface area contributed by atoms with Gasteiger partial charge in [0.1, 0.15) is 0 Å². The lowest BCUT2D eigenvalue weighted by molar-refractivity contribution is -0.146. The van der Waals surface area contributed by atoms with Crippen molar-refractivity contribution in [3.63, 3.8) is 0 Å². The van der Waals surface area contributed by atoms with Gasteiger partial charge in [0, 0.05) is 24.4 Å². The molecule has 1 aromatic carbocycles. The average Bonchev–Trinajstić information content (AvgIpc) is 2.62. The van der Waals surface area contributed by atoms with Crippen molar-refractivity contribution in [2.24, 2.45) is 11.8 Å². The molecule has 3 unspecified atom stereocenters. The predicted octanol–water partition coefficient (Wildman–Crippen LogP) is 3.46. The summed E-state index contributed by atoms with van der Waals surface area (Å²) in [5.74, 6) is -1.04. The highest BCUT2D eigenvalue weighted by Gasteiger charge is 2.38. The van der Waals surface area contributed by atoms with Gasteiger partial charge in [-0.15, -0.1) is 0 Å². The molecule has 1 N–H and O–H groups in total. The molecule has 4 heteroatoms. The van der Waals surface area contributed by atoms with Gasteiger partial charge in [0.15, 0.2) is 0 Å². The Morgan fingerprint density at radius 2 is 1.83 bits per heavy atom. The van der Waals surface area contributed by atoms with Crippen LogP contribution in [0, 0.1) is 11.8 Å². The van der Waals surface area contributed by atoms with E-state index in [9.17, 15) is 14.7 Å². The van der Waals surface area contributed by atoms with Crippen molar-refractivity contribution in [1.82, 2.24) is 4.90 Å². The molecule has 4 nitrogen and oxygen atoms in total. The molecule has 130 valence electrons. The molecular formula is C20H27NO3. The van der Waals surface area contributed by atoms with Crippen molar-refractivity contribution < 1.29 is 14.7 Å². The van der Waals surface area contributed by atoms with Crippen LogP contribution >= 0.6 is 0 Å². The van der Waals surface area contributed by atoms with Gasteiger partial charge in [-0.05, 0) is 37.7 Å². The van der Waals surface area contributed by atoms with Crippen molar-refractivity contribution >= 4 is 11.9 Å². The van der Waals surface area contributed by atoms with E-state index in [1.807, 2.05) is 11.0 Å². The van der Waals surface area contributed by atoms with Crippen molar-refractivity contribution in [3.8, 4) is 0 Å². The molecule has 0 bridgehead atoms. The number of aliphatic carboxylic acids is 1. The molecule has 0 radical (unpaired) electrons. The van der Waals surface area contributed by atoms with Crippen LogP contribution in [0.3, 0.4) is 0 Å². The van der Waals surface area contributed by atoms with E-state index in [1.165, 1.54) is 5.56 Å². The summed E-state index contributed by atoms with van der Waals surface area (Å²) in [4.78, 5) is 26.2. The van der Waals surface area contributed by atoms with Crippen LogP contribution in [0.5, 0.6) is 0 Å². The second-order valence-electron chi connectivity index (χ2n) is 7.69. The van der Waals surface area contributed by atoms with Gasteiger partial charge in [0.25, 0.3) is 0 Å². The first-order valence-electron chi connectivity index (χ1n) is 9.07. The summed E-state index contributed by atoms with van der Waals surface area (Å²) < 4.78 is 0. The number of hydrogen-bond acceptors (Lipinski definition) is 2. The largest absolute Gasteiger partial charge is 0.481 e. The van der Waals surface area contributed by atoms with E-state index in [1.54, 1.807) is 0 Å². The molecule has 1 saturated carbocycles. The molecule has 1 amide bonds. The van der Waals surface area contributed by atoms with Gasteiger partial charge in [-0.2, -0.15) is 0 Å². The zero-order valence-electron chi connectivity index (χ0n) is 14.4. The third-order valence-electron chi connectivity index (χ3n) is 5.85. The molecule has 2 fully saturated rings. The number of nitrogens with zero attached hydrogens (tertiary/aromatic N) is 1. The molecule has 0 aromatic heterocycles. The summed E-state index contributed by atoms with van der Waals surface area (Å²) in [6.07, 6.45) is 4.99. The summed E-state index contributed by atoms with van der Waals surface area (Å²) in [5.41, 5.74) is 1.28. The lowest BCUT2D eigenvalue weighted by Gasteiger charge is -2.42. The summed E-state index contributed by atoms with van der Waals surface area (Å²) in [7, 11) is 0. The number of carbonyl (C=O) groups excluding carboxylic acids is 1. The highest BCUT2D eigenvalue weighted by molar-refractivity contribution is 5.80. The Hall–Kier alpha value is -1.84. The smallest absolute Gasteiger partial charge is 0.306 e. The molecule has 1 aliphatic heterocycles. The van der Waals surface area contributed by atoms with Crippen LogP contribution in [0.1, 0.15) is 51.0 Å². The van der Waals surface area contributed by atoms with E-state index in [4.69, 9.17) is 0 Å². The molecule has 1 aliphatic carbocycles. The monoisotopic (exact) mass is 329 g/mol. The lowest BCUT2D eigenvalue weighted by Crippen LogP contribution is -2.49. The van der Waals surface area contributed by atoms with Crippen LogP contribution < -0.4 is 0 Å². The van der Waals surface area contributed by atoms with Gasteiger partial charge < -0.3 is 10.0 Å². The number of hydrogen-bond donors (Lipinski definition) is 1. The first-order chi connectivity index (χ1) is 11.5. The van der Waals surface area contributed by atoms with E-state index in [2.05, 4.69) is 31.2 Å². The summed E-state index contributed by atoms with van der Waals surface area (Å²) in [6.45, 7) is 3.78. The molecular weight excluding hydrogens is 302 g/mol. The van der Waals surface area contributed by atoms with E-state index < -0.39 is 5.97 Å². The Kier molecular flexibility index (Phi) is 4.93. The minimum absolute atomic E-state index is 0.00393. The molecule has 3 rings (SSSR count). The van der Waals surface area contributed by atoms with Crippen molar-refractivity contribution in [2.75, 3.05) is 13.1 Å². The maximum atomic E-state index is 13.0. The number of likely N-dealkylation sites (tertiary alicyclic amines) is 1. The third kappa shape index (κ3) is 3.47. The van der Waals surface area contributed by atoms with Crippen LogP contribution in [0.25, 0.3) is 0 Å². The topological polar surface area (TPSA) is 57.6 Å². The third-order valence-corrected chi connectivity index (χ3v) is 5.85. The highest BCUT2D eigenvalue weighted by Crippen LogP contribution is 2.36. The summed E-state index contributed by atoms with van der Waals surface area (Å²) in [5, 5.41) is 9.25. The lowest BCUT2D eigenvalue weighted by atomic mass is 9.75. The SMILES string of the molecule is CC1(c2ccccc2)CCCN(C(=O)C2CCCC(C(=O)O)C2)C1. The van der Waals surface area contributed by atoms with Gasteiger partial charge in [0.2, 0.25) is 5.91 Å². The van der Waals surface area contributed by atoms with Crippen LogP contribution in [0.2, 0.25) is 0 Å². The minimum atomic E-state index is -0.750. The standard InChI is InChI=1S/C20H27NO3/c1-20(17-9-3-2-4-10-17)11-6-12-21(14-20)18(22)15-7-5-8-16(13-15)19(23)24/h2-4,9-10,15-16H,5-8,11-14H2,1H3,(H,23,24). The average molecular weight is 329 g/mol. The second-order valence-corrected chi connectivity index (χ2v) is 7.69. The fourth-order valence-electron chi connectivity index (χ4n) is 4.40. The van der Waals surface area contributed by atoms with Crippen molar-refractivity contribution in [3.05, 3.63) is 35.9 Å². The Morgan fingerprint density at radius 3 is 2.54 bits per heavy atom. The predicted molar refractivity (Wildman–Crippen MR) is 92.7 cm³/mol. The number of benzene rings is 1. The molecule has 3 atom stereocenters. The molecule has 1 aromatic rings. The van der Waals surface area contributed by atoms with Crippen molar-refractivity contribution in [2.45, 2.75) is 50.9 Å². The Balaban J connectivity index is 1.70. The van der Waals surface area contributed by atoms with Gasteiger partial charge in [0.05, 0.1) is 5.92 Å². The number of carbonyl (C=O) groups is 2.